The first kappa shape index (κ1) is 27.9. The molecule has 3 aromatic carbocycles. The lowest BCUT2D eigenvalue weighted by Gasteiger charge is -2.18. The zero-order valence-corrected chi connectivity index (χ0v) is 22.0. The van der Waals surface area contributed by atoms with Gasteiger partial charge < -0.3 is 24.6 Å². The third kappa shape index (κ3) is 7.03. The highest BCUT2D eigenvalue weighted by atomic mass is 35.5. The number of nitrogens with one attached hydrogen (secondary N) is 1. The number of methoxy groups -OCH3 is 1. The highest BCUT2D eigenvalue weighted by Gasteiger charge is 2.16. The summed E-state index contributed by atoms with van der Waals surface area (Å²) in [7, 11) is 1.53. The molecule has 4 rings (SSSR count). The second-order valence-corrected chi connectivity index (χ2v) is 8.95. The zero-order valence-electron chi connectivity index (χ0n) is 21.3. The summed E-state index contributed by atoms with van der Waals surface area (Å²) in [5.74, 6) is 1.07. The minimum absolute atomic E-state index is 0.00842. The fourth-order valence-corrected chi connectivity index (χ4v) is 4.28. The number of rotatable bonds is 12. The van der Waals surface area contributed by atoms with Crippen molar-refractivity contribution in [2.75, 3.05) is 20.3 Å². The number of aliphatic hydroxyl groups excluding tert-OH is 1. The number of aliphatic hydroxyl groups is 1. The van der Waals surface area contributed by atoms with Crippen LogP contribution in [0.3, 0.4) is 0 Å². The molecule has 0 fully saturated rings. The standard InChI is InChI=1S/C30H27ClFN3O4/c1-37-30-22(5-4-7-25(30)24-6-2-3-8-27(24)32)19-39-29-13-28(23(12-26(29)31)17-34-9-10-36)38-18-21-11-20(14-33)15-35-16-21/h2-8,11-13,15-16,34,36H,9-10,17-19H2,1H3. The van der Waals surface area contributed by atoms with Crippen LogP contribution in [0.25, 0.3) is 11.1 Å². The van der Waals surface area contributed by atoms with Crippen molar-refractivity contribution in [3.63, 3.8) is 0 Å². The van der Waals surface area contributed by atoms with Crippen molar-refractivity contribution in [3.05, 3.63) is 106 Å². The molecule has 0 aliphatic carbocycles. The van der Waals surface area contributed by atoms with Gasteiger partial charge in [-0.15, -0.1) is 0 Å². The van der Waals surface area contributed by atoms with Crippen molar-refractivity contribution in [2.45, 2.75) is 19.8 Å². The maximum atomic E-state index is 14.5. The minimum atomic E-state index is -0.348. The van der Waals surface area contributed by atoms with Crippen LogP contribution < -0.4 is 19.5 Å². The summed E-state index contributed by atoms with van der Waals surface area (Å²) in [6.07, 6.45) is 3.12. The lowest BCUT2D eigenvalue weighted by Crippen LogP contribution is -2.18. The average Bonchev–Trinajstić information content (AvgIpc) is 2.96. The molecule has 0 aliphatic rings. The Hall–Kier alpha value is -4.16. The topological polar surface area (TPSA) is 96.6 Å². The molecule has 7 nitrogen and oxygen atoms in total. The lowest BCUT2D eigenvalue weighted by atomic mass is 10.0. The first-order valence-corrected chi connectivity index (χ1v) is 12.6. The molecule has 0 saturated carbocycles. The number of ether oxygens (including phenoxy) is 3. The maximum Gasteiger partial charge on any atom is 0.142 e. The fraction of sp³-hybridized carbons (Fsp3) is 0.200. The molecule has 200 valence electrons. The van der Waals surface area contributed by atoms with Gasteiger partial charge in [0.15, 0.2) is 0 Å². The van der Waals surface area contributed by atoms with Crippen LogP contribution in [0.1, 0.15) is 22.3 Å². The Bertz CT molecular complexity index is 1480. The number of nitrogens with zero attached hydrogens (tertiary/aromatic N) is 2. The molecule has 0 radical (unpaired) electrons. The molecule has 2 N–H and O–H groups in total. The maximum absolute atomic E-state index is 14.5. The minimum Gasteiger partial charge on any atom is -0.496 e. The van der Waals surface area contributed by atoms with Gasteiger partial charge in [0, 0.05) is 59.4 Å². The van der Waals surface area contributed by atoms with Crippen molar-refractivity contribution in [2.24, 2.45) is 0 Å². The molecule has 9 heteroatoms. The Kier molecular flexibility index (Phi) is 9.70. The molecular weight excluding hydrogens is 521 g/mol. The SMILES string of the molecule is COc1c(COc2cc(OCc3cncc(C#N)c3)c(CNCCO)cc2Cl)cccc1-c1ccccc1F. The molecule has 0 unspecified atom stereocenters. The molecule has 1 aromatic heterocycles. The Morgan fingerprint density at radius 3 is 2.54 bits per heavy atom. The van der Waals surface area contributed by atoms with Gasteiger partial charge >= 0.3 is 0 Å². The van der Waals surface area contributed by atoms with E-state index in [9.17, 15) is 4.39 Å². The summed E-state index contributed by atoms with van der Waals surface area (Å²) in [6.45, 7) is 1.09. The third-order valence-electron chi connectivity index (χ3n) is 5.89. The second-order valence-electron chi connectivity index (χ2n) is 8.54. The van der Waals surface area contributed by atoms with E-state index >= 15 is 0 Å². The fourth-order valence-electron chi connectivity index (χ4n) is 4.04. The van der Waals surface area contributed by atoms with Crippen molar-refractivity contribution < 1.29 is 23.7 Å². The molecular formula is C30H27ClFN3O4. The van der Waals surface area contributed by atoms with Gasteiger partial charge in [-0.1, -0.05) is 48.0 Å². The smallest absolute Gasteiger partial charge is 0.142 e. The van der Waals surface area contributed by atoms with E-state index < -0.39 is 0 Å². The van der Waals surface area contributed by atoms with E-state index in [0.29, 0.717) is 57.6 Å². The number of benzene rings is 3. The van der Waals surface area contributed by atoms with E-state index in [1.807, 2.05) is 12.1 Å². The number of hydrogen-bond donors (Lipinski definition) is 2. The predicted octanol–water partition coefficient (Wildman–Crippen LogP) is 5.66. The van der Waals surface area contributed by atoms with Crippen LogP contribution in [0.2, 0.25) is 5.02 Å². The van der Waals surface area contributed by atoms with Gasteiger partial charge in [-0.2, -0.15) is 5.26 Å². The van der Waals surface area contributed by atoms with E-state index in [0.717, 1.165) is 11.1 Å². The Morgan fingerprint density at radius 1 is 0.974 bits per heavy atom. The summed E-state index contributed by atoms with van der Waals surface area (Å²) in [6, 6.07) is 19.2. The number of hydrogen-bond acceptors (Lipinski definition) is 7. The van der Waals surface area contributed by atoms with Crippen LogP contribution in [-0.2, 0) is 19.8 Å². The van der Waals surface area contributed by atoms with Crippen LogP contribution in [0, 0.1) is 17.1 Å². The van der Waals surface area contributed by atoms with Crippen LogP contribution in [-0.4, -0.2) is 30.4 Å². The molecule has 0 spiro atoms. The van der Waals surface area contributed by atoms with Gasteiger partial charge in [0.25, 0.3) is 0 Å². The summed E-state index contributed by atoms with van der Waals surface area (Å²) < 4.78 is 32.3. The Labute approximate surface area is 231 Å². The summed E-state index contributed by atoms with van der Waals surface area (Å²) in [4.78, 5) is 4.07. The van der Waals surface area contributed by atoms with Gasteiger partial charge in [-0.25, -0.2) is 4.39 Å². The van der Waals surface area contributed by atoms with E-state index in [2.05, 4.69) is 16.4 Å². The highest BCUT2D eigenvalue weighted by molar-refractivity contribution is 6.32. The quantitative estimate of drug-likeness (QED) is 0.221. The largest absolute Gasteiger partial charge is 0.496 e. The summed E-state index contributed by atoms with van der Waals surface area (Å²) in [5.41, 5.74) is 3.70. The molecule has 0 bridgehead atoms. The zero-order chi connectivity index (χ0) is 27.6. The number of para-hydroxylation sites is 1. The van der Waals surface area contributed by atoms with Crippen molar-refractivity contribution in [1.82, 2.24) is 10.3 Å². The van der Waals surface area contributed by atoms with E-state index in [4.69, 9.17) is 36.2 Å². The van der Waals surface area contributed by atoms with Gasteiger partial charge in [0.05, 0.1) is 24.3 Å². The summed E-state index contributed by atoms with van der Waals surface area (Å²) >= 11 is 6.57. The monoisotopic (exact) mass is 547 g/mol. The third-order valence-corrected chi connectivity index (χ3v) is 6.18. The Balaban J connectivity index is 1.59. The molecule has 4 aromatic rings. The van der Waals surface area contributed by atoms with E-state index in [-0.39, 0.29) is 25.6 Å². The first-order chi connectivity index (χ1) is 19.0. The second kappa shape index (κ2) is 13.6. The normalized spacial score (nSPS) is 10.6. The van der Waals surface area contributed by atoms with Gasteiger partial charge in [0.2, 0.25) is 0 Å². The van der Waals surface area contributed by atoms with Gasteiger partial charge in [-0.3, -0.25) is 4.98 Å². The number of halogens is 2. The van der Waals surface area contributed by atoms with Crippen LogP contribution >= 0.6 is 11.6 Å². The van der Waals surface area contributed by atoms with Crippen LogP contribution in [0.5, 0.6) is 17.2 Å². The van der Waals surface area contributed by atoms with Crippen molar-refractivity contribution >= 4 is 11.6 Å². The summed E-state index contributed by atoms with van der Waals surface area (Å²) in [5, 5.41) is 21.8. The first-order valence-electron chi connectivity index (χ1n) is 12.2. The average molecular weight is 548 g/mol. The molecule has 0 saturated heterocycles. The van der Waals surface area contributed by atoms with E-state index in [1.54, 1.807) is 48.7 Å². The molecule has 0 amide bonds. The van der Waals surface area contributed by atoms with Crippen molar-refractivity contribution in [3.8, 4) is 34.4 Å². The predicted molar refractivity (Wildman–Crippen MR) is 146 cm³/mol. The molecule has 1 heterocycles. The highest BCUT2D eigenvalue weighted by Crippen LogP contribution is 2.37. The Morgan fingerprint density at radius 2 is 1.77 bits per heavy atom. The van der Waals surface area contributed by atoms with Gasteiger partial charge in [0.1, 0.15) is 42.3 Å². The number of aromatic nitrogens is 1. The number of nitriles is 1. The molecule has 0 aliphatic heterocycles. The van der Waals surface area contributed by atoms with E-state index in [1.165, 1.54) is 19.4 Å². The van der Waals surface area contributed by atoms with Crippen LogP contribution in [0.4, 0.5) is 4.39 Å². The van der Waals surface area contributed by atoms with Crippen molar-refractivity contribution in [1.29, 1.82) is 5.26 Å². The van der Waals surface area contributed by atoms with Gasteiger partial charge in [-0.05, 0) is 18.2 Å². The molecule has 39 heavy (non-hydrogen) atoms. The van der Waals surface area contributed by atoms with Crippen LogP contribution in [0.15, 0.2) is 73.1 Å². The number of pyridine rings is 1. The molecule has 0 atom stereocenters. The lowest BCUT2D eigenvalue weighted by molar-refractivity contribution is 0.280.